The number of likely N-dealkylation sites (tertiary alicyclic amines) is 1. The lowest BCUT2D eigenvalue weighted by atomic mass is 9.80. The summed E-state index contributed by atoms with van der Waals surface area (Å²) in [6.07, 6.45) is 1.09. The van der Waals surface area contributed by atoms with Gasteiger partial charge in [-0.1, -0.05) is 13.8 Å². The molecule has 1 aliphatic heterocycles. The highest BCUT2D eigenvalue weighted by Gasteiger charge is 2.32. The van der Waals surface area contributed by atoms with Crippen molar-refractivity contribution in [1.82, 2.24) is 4.90 Å². The molecule has 1 fully saturated rings. The van der Waals surface area contributed by atoms with Gasteiger partial charge in [-0.05, 0) is 18.4 Å². The molecule has 1 aliphatic rings. The standard InChI is InChI=1S/C12H26N2O2/c1-12(2)10-14(5-4-11(12)13)6-7-16-9-8-15-3/h11H,4-10,13H2,1-3H3. The fraction of sp³-hybridized carbons (Fsp3) is 1.00. The number of hydrogen-bond acceptors (Lipinski definition) is 4. The Morgan fingerprint density at radius 2 is 2.06 bits per heavy atom. The molecule has 0 aromatic rings. The zero-order valence-corrected chi connectivity index (χ0v) is 10.9. The van der Waals surface area contributed by atoms with Crippen molar-refractivity contribution in [2.75, 3.05) is 46.6 Å². The molecule has 2 N–H and O–H groups in total. The van der Waals surface area contributed by atoms with Crippen molar-refractivity contribution in [2.45, 2.75) is 26.3 Å². The van der Waals surface area contributed by atoms with E-state index in [-0.39, 0.29) is 5.41 Å². The van der Waals surface area contributed by atoms with Crippen molar-refractivity contribution in [3.8, 4) is 0 Å². The molecule has 0 aromatic carbocycles. The van der Waals surface area contributed by atoms with Crippen molar-refractivity contribution in [2.24, 2.45) is 11.1 Å². The summed E-state index contributed by atoms with van der Waals surface area (Å²) in [5.74, 6) is 0. The molecule has 1 heterocycles. The number of methoxy groups -OCH3 is 1. The van der Waals surface area contributed by atoms with Crippen molar-refractivity contribution >= 4 is 0 Å². The summed E-state index contributed by atoms with van der Waals surface area (Å²) < 4.78 is 10.4. The number of rotatable bonds is 6. The number of nitrogens with two attached hydrogens (primary N) is 1. The van der Waals surface area contributed by atoms with Gasteiger partial charge in [-0.2, -0.15) is 0 Å². The van der Waals surface area contributed by atoms with Gasteiger partial charge in [0, 0.05) is 26.2 Å². The van der Waals surface area contributed by atoms with Crippen molar-refractivity contribution < 1.29 is 9.47 Å². The van der Waals surface area contributed by atoms with Crippen LogP contribution >= 0.6 is 0 Å². The maximum Gasteiger partial charge on any atom is 0.0700 e. The van der Waals surface area contributed by atoms with E-state index in [0.29, 0.717) is 19.3 Å². The van der Waals surface area contributed by atoms with Crippen LogP contribution in [0, 0.1) is 5.41 Å². The van der Waals surface area contributed by atoms with Gasteiger partial charge in [0.15, 0.2) is 0 Å². The fourth-order valence-electron chi connectivity index (χ4n) is 2.11. The van der Waals surface area contributed by atoms with E-state index < -0.39 is 0 Å². The van der Waals surface area contributed by atoms with E-state index in [4.69, 9.17) is 15.2 Å². The minimum atomic E-state index is 0.227. The van der Waals surface area contributed by atoms with Gasteiger partial charge in [0.2, 0.25) is 0 Å². The minimum Gasteiger partial charge on any atom is -0.382 e. The predicted octanol–water partition coefficient (Wildman–Crippen LogP) is 0.709. The Kier molecular flexibility index (Phi) is 5.69. The highest BCUT2D eigenvalue weighted by molar-refractivity contribution is 4.89. The van der Waals surface area contributed by atoms with Crippen LogP contribution in [0.1, 0.15) is 20.3 Å². The first-order valence-corrected chi connectivity index (χ1v) is 6.11. The molecule has 1 rings (SSSR count). The summed E-state index contributed by atoms with van der Waals surface area (Å²) in [6, 6.07) is 0.332. The Hall–Kier alpha value is -0.160. The normalized spacial score (nSPS) is 25.9. The summed E-state index contributed by atoms with van der Waals surface area (Å²) in [5, 5.41) is 0. The maximum atomic E-state index is 6.09. The van der Waals surface area contributed by atoms with Crippen LogP contribution < -0.4 is 5.73 Å². The molecular formula is C12H26N2O2. The minimum absolute atomic E-state index is 0.227. The molecule has 0 amide bonds. The van der Waals surface area contributed by atoms with E-state index in [9.17, 15) is 0 Å². The molecule has 1 saturated heterocycles. The third kappa shape index (κ3) is 4.37. The zero-order valence-electron chi connectivity index (χ0n) is 10.9. The first-order chi connectivity index (χ1) is 7.56. The SMILES string of the molecule is COCCOCCN1CCC(N)C(C)(C)C1. The Morgan fingerprint density at radius 3 is 2.69 bits per heavy atom. The van der Waals surface area contributed by atoms with Gasteiger partial charge in [-0.25, -0.2) is 0 Å². The average molecular weight is 230 g/mol. The summed E-state index contributed by atoms with van der Waals surface area (Å²) >= 11 is 0. The smallest absolute Gasteiger partial charge is 0.0700 e. The molecule has 0 bridgehead atoms. The average Bonchev–Trinajstić information content (AvgIpc) is 2.23. The monoisotopic (exact) mass is 230 g/mol. The van der Waals surface area contributed by atoms with Crippen molar-refractivity contribution in [3.05, 3.63) is 0 Å². The number of piperidine rings is 1. The van der Waals surface area contributed by atoms with Crippen molar-refractivity contribution in [3.63, 3.8) is 0 Å². The predicted molar refractivity (Wildman–Crippen MR) is 65.5 cm³/mol. The van der Waals surface area contributed by atoms with Gasteiger partial charge >= 0.3 is 0 Å². The topological polar surface area (TPSA) is 47.7 Å². The number of hydrogen-bond donors (Lipinski definition) is 1. The molecule has 96 valence electrons. The van der Waals surface area contributed by atoms with E-state index in [1.807, 2.05) is 0 Å². The van der Waals surface area contributed by atoms with E-state index in [2.05, 4.69) is 18.7 Å². The third-order valence-electron chi connectivity index (χ3n) is 3.37. The maximum absolute atomic E-state index is 6.09. The molecule has 0 aliphatic carbocycles. The molecule has 4 nitrogen and oxygen atoms in total. The number of ether oxygens (including phenoxy) is 2. The molecule has 16 heavy (non-hydrogen) atoms. The second kappa shape index (κ2) is 6.55. The summed E-state index contributed by atoms with van der Waals surface area (Å²) in [7, 11) is 1.69. The van der Waals surface area contributed by atoms with E-state index >= 15 is 0 Å². The summed E-state index contributed by atoms with van der Waals surface area (Å²) in [5.41, 5.74) is 6.32. The zero-order chi connectivity index (χ0) is 12.0. The Morgan fingerprint density at radius 1 is 1.31 bits per heavy atom. The molecule has 0 radical (unpaired) electrons. The molecule has 1 atom stereocenters. The highest BCUT2D eigenvalue weighted by atomic mass is 16.5. The van der Waals surface area contributed by atoms with Gasteiger partial charge in [0.05, 0.1) is 19.8 Å². The van der Waals surface area contributed by atoms with Gasteiger partial charge in [0.25, 0.3) is 0 Å². The van der Waals surface area contributed by atoms with Crippen LogP contribution in [0.4, 0.5) is 0 Å². The molecule has 0 aromatic heterocycles. The van der Waals surface area contributed by atoms with E-state index in [1.165, 1.54) is 0 Å². The molecular weight excluding hydrogens is 204 g/mol. The molecule has 0 spiro atoms. The summed E-state index contributed by atoms with van der Waals surface area (Å²) in [4.78, 5) is 2.44. The Balaban J connectivity index is 2.14. The van der Waals surface area contributed by atoms with Crippen LogP contribution in [0.15, 0.2) is 0 Å². The lowest BCUT2D eigenvalue weighted by Crippen LogP contribution is -2.52. The number of nitrogens with zero attached hydrogens (tertiary/aromatic N) is 1. The second-order valence-electron chi connectivity index (χ2n) is 5.27. The molecule has 0 saturated carbocycles. The van der Waals surface area contributed by atoms with Gasteiger partial charge < -0.3 is 20.1 Å². The quantitative estimate of drug-likeness (QED) is 0.683. The van der Waals surface area contributed by atoms with Crippen LogP contribution in [-0.2, 0) is 9.47 Å². The first-order valence-electron chi connectivity index (χ1n) is 6.11. The molecule has 4 heteroatoms. The van der Waals surface area contributed by atoms with E-state index in [0.717, 1.165) is 32.7 Å². The van der Waals surface area contributed by atoms with Crippen LogP contribution in [0.25, 0.3) is 0 Å². The van der Waals surface area contributed by atoms with E-state index in [1.54, 1.807) is 7.11 Å². The van der Waals surface area contributed by atoms with Gasteiger partial charge in [-0.3, -0.25) is 0 Å². The van der Waals surface area contributed by atoms with Crippen LogP contribution in [0.3, 0.4) is 0 Å². The van der Waals surface area contributed by atoms with Crippen LogP contribution in [0.5, 0.6) is 0 Å². The largest absolute Gasteiger partial charge is 0.382 e. The lowest BCUT2D eigenvalue weighted by Gasteiger charge is -2.42. The van der Waals surface area contributed by atoms with Crippen LogP contribution in [0.2, 0.25) is 0 Å². The highest BCUT2D eigenvalue weighted by Crippen LogP contribution is 2.27. The Bertz CT molecular complexity index is 197. The van der Waals surface area contributed by atoms with Gasteiger partial charge in [-0.15, -0.1) is 0 Å². The van der Waals surface area contributed by atoms with Gasteiger partial charge in [0.1, 0.15) is 0 Å². The van der Waals surface area contributed by atoms with Crippen LogP contribution in [-0.4, -0.2) is 57.5 Å². The lowest BCUT2D eigenvalue weighted by molar-refractivity contribution is 0.0349. The third-order valence-corrected chi connectivity index (χ3v) is 3.37. The van der Waals surface area contributed by atoms with Crippen molar-refractivity contribution in [1.29, 1.82) is 0 Å². The first kappa shape index (κ1) is 13.9. The molecule has 1 unspecified atom stereocenters. The second-order valence-corrected chi connectivity index (χ2v) is 5.27. The fourth-order valence-corrected chi connectivity index (χ4v) is 2.11. The Labute approximate surface area is 99.1 Å². The summed E-state index contributed by atoms with van der Waals surface area (Å²) in [6.45, 7) is 9.81.